The van der Waals surface area contributed by atoms with E-state index in [4.69, 9.17) is 16.3 Å². The molecule has 1 aromatic carbocycles. The SMILES string of the molecule is Cc1cccc(OCCNC(=O)c2nnc(Cl)s2)c1. The maximum absolute atomic E-state index is 11.6. The minimum Gasteiger partial charge on any atom is -0.492 e. The number of hydrogen-bond donors (Lipinski definition) is 1. The summed E-state index contributed by atoms with van der Waals surface area (Å²) >= 11 is 6.64. The molecular weight excluding hydrogens is 286 g/mol. The second kappa shape index (κ2) is 6.49. The molecule has 5 nitrogen and oxygen atoms in total. The molecule has 19 heavy (non-hydrogen) atoms. The third-order valence-corrected chi connectivity index (χ3v) is 3.26. The second-order valence-corrected chi connectivity index (χ2v) is 5.34. The molecule has 0 atom stereocenters. The van der Waals surface area contributed by atoms with Crippen LogP contribution in [0.2, 0.25) is 4.47 Å². The molecule has 0 aliphatic heterocycles. The van der Waals surface area contributed by atoms with Crippen molar-refractivity contribution >= 4 is 28.8 Å². The molecule has 7 heteroatoms. The molecule has 100 valence electrons. The van der Waals surface area contributed by atoms with E-state index in [-0.39, 0.29) is 15.4 Å². The van der Waals surface area contributed by atoms with Gasteiger partial charge < -0.3 is 10.1 Å². The monoisotopic (exact) mass is 297 g/mol. The van der Waals surface area contributed by atoms with E-state index in [1.807, 2.05) is 31.2 Å². The molecule has 1 aromatic heterocycles. The summed E-state index contributed by atoms with van der Waals surface area (Å²) in [4.78, 5) is 11.6. The Morgan fingerprint density at radius 2 is 2.32 bits per heavy atom. The molecule has 0 saturated heterocycles. The highest BCUT2D eigenvalue weighted by Crippen LogP contribution is 2.14. The van der Waals surface area contributed by atoms with Gasteiger partial charge in [0.15, 0.2) is 0 Å². The van der Waals surface area contributed by atoms with Crippen molar-refractivity contribution in [3.8, 4) is 5.75 Å². The number of nitrogens with zero attached hydrogens (tertiary/aromatic N) is 2. The zero-order chi connectivity index (χ0) is 13.7. The van der Waals surface area contributed by atoms with Crippen molar-refractivity contribution in [2.24, 2.45) is 0 Å². The maximum atomic E-state index is 11.6. The third kappa shape index (κ3) is 4.18. The van der Waals surface area contributed by atoms with Crippen molar-refractivity contribution < 1.29 is 9.53 Å². The van der Waals surface area contributed by atoms with E-state index >= 15 is 0 Å². The van der Waals surface area contributed by atoms with Crippen molar-refractivity contribution in [1.82, 2.24) is 15.5 Å². The smallest absolute Gasteiger partial charge is 0.282 e. The summed E-state index contributed by atoms with van der Waals surface area (Å²) in [6.07, 6.45) is 0. The highest BCUT2D eigenvalue weighted by Gasteiger charge is 2.10. The normalized spacial score (nSPS) is 10.2. The van der Waals surface area contributed by atoms with Gasteiger partial charge in [0.2, 0.25) is 9.47 Å². The van der Waals surface area contributed by atoms with Gasteiger partial charge in [0, 0.05) is 0 Å². The van der Waals surface area contributed by atoms with Crippen molar-refractivity contribution in [3.05, 3.63) is 39.3 Å². The Bertz CT molecular complexity index is 574. The maximum Gasteiger partial charge on any atom is 0.282 e. The minimum atomic E-state index is -0.294. The van der Waals surface area contributed by atoms with Crippen LogP contribution >= 0.6 is 22.9 Å². The van der Waals surface area contributed by atoms with Crippen LogP contribution in [0.25, 0.3) is 0 Å². The van der Waals surface area contributed by atoms with Gasteiger partial charge in [-0.3, -0.25) is 4.79 Å². The molecule has 0 bridgehead atoms. The van der Waals surface area contributed by atoms with Gasteiger partial charge >= 0.3 is 0 Å². The van der Waals surface area contributed by atoms with Crippen molar-refractivity contribution in [3.63, 3.8) is 0 Å². The van der Waals surface area contributed by atoms with E-state index in [0.717, 1.165) is 22.6 Å². The first-order valence-corrected chi connectivity index (χ1v) is 6.81. The first-order chi connectivity index (χ1) is 9.15. The lowest BCUT2D eigenvalue weighted by atomic mass is 10.2. The van der Waals surface area contributed by atoms with Crippen LogP contribution in [0, 0.1) is 6.92 Å². The van der Waals surface area contributed by atoms with Crippen LogP contribution in [0.1, 0.15) is 15.4 Å². The standard InChI is InChI=1S/C12H12ClN3O2S/c1-8-3-2-4-9(7-8)18-6-5-14-10(17)11-15-16-12(13)19-11/h2-4,7H,5-6H2,1H3,(H,14,17). The highest BCUT2D eigenvalue weighted by molar-refractivity contribution is 7.17. The first kappa shape index (κ1) is 13.8. The van der Waals surface area contributed by atoms with Crippen LogP contribution in [-0.4, -0.2) is 29.3 Å². The van der Waals surface area contributed by atoms with Crippen LogP contribution in [0.5, 0.6) is 5.75 Å². The van der Waals surface area contributed by atoms with E-state index < -0.39 is 0 Å². The zero-order valence-electron chi connectivity index (χ0n) is 10.2. The predicted octanol–water partition coefficient (Wildman–Crippen LogP) is 2.31. The van der Waals surface area contributed by atoms with Gasteiger partial charge in [-0.25, -0.2) is 0 Å². The fourth-order valence-electron chi connectivity index (χ4n) is 1.41. The summed E-state index contributed by atoms with van der Waals surface area (Å²) in [5.41, 5.74) is 1.13. The molecule has 1 amide bonds. The fourth-order valence-corrected chi connectivity index (χ4v) is 2.16. The molecule has 0 aliphatic rings. The summed E-state index contributed by atoms with van der Waals surface area (Å²) in [5, 5.41) is 10.1. The molecule has 2 rings (SSSR count). The average Bonchev–Trinajstić information content (AvgIpc) is 2.81. The van der Waals surface area contributed by atoms with Crippen molar-refractivity contribution in [2.45, 2.75) is 6.92 Å². The Morgan fingerprint density at radius 1 is 1.47 bits per heavy atom. The summed E-state index contributed by atoms with van der Waals surface area (Å²) in [5.74, 6) is 0.491. The molecule has 1 N–H and O–H groups in total. The molecular formula is C12H12ClN3O2S. The lowest BCUT2D eigenvalue weighted by molar-refractivity contribution is 0.0946. The minimum absolute atomic E-state index is 0.251. The number of nitrogens with one attached hydrogen (secondary N) is 1. The Kier molecular flexibility index (Phi) is 4.70. The summed E-state index contributed by atoms with van der Waals surface area (Å²) in [6, 6.07) is 7.73. The Balaban J connectivity index is 1.74. The number of amides is 1. The number of benzene rings is 1. The van der Waals surface area contributed by atoms with Gasteiger partial charge in [0.1, 0.15) is 12.4 Å². The number of carbonyl (C=O) groups excluding carboxylic acids is 1. The zero-order valence-corrected chi connectivity index (χ0v) is 11.8. The topological polar surface area (TPSA) is 64.1 Å². The summed E-state index contributed by atoms with van der Waals surface area (Å²) < 4.78 is 5.76. The Hall–Kier alpha value is -1.66. The molecule has 0 spiro atoms. The summed E-state index contributed by atoms with van der Waals surface area (Å²) in [6.45, 7) is 2.78. The predicted molar refractivity (Wildman–Crippen MR) is 73.9 cm³/mol. The number of halogens is 1. The van der Waals surface area contributed by atoms with Crippen LogP contribution in [0.4, 0.5) is 0 Å². The van der Waals surface area contributed by atoms with Gasteiger partial charge in [0.05, 0.1) is 6.54 Å². The lowest BCUT2D eigenvalue weighted by Gasteiger charge is -2.07. The summed E-state index contributed by atoms with van der Waals surface area (Å²) in [7, 11) is 0. The Morgan fingerprint density at radius 3 is 3.00 bits per heavy atom. The van der Waals surface area contributed by atoms with Crippen molar-refractivity contribution in [2.75, 3.05) is 13.2 Å². The van der Waals surface area contributed by atoms with Gasteiger partial charge in [-0.15, -0.1) is 10.2 Å². The van der Waals surface area contributed by atoms with Crippen molar-refractivity contribution in [1.29, 1.82) is 0 Å². The molecule has 2 aromatic rings. The first-order valence-electron chi connectivity index (χ1n) is 5.62. The number of ether oxygens (including phenoxy) is 1. The molecule has 0 radical (unpaired) electrons. The Labute approximate surface area is 119 Å². The van der Waals surface area contributed by atoms with Gasteiger partial charge in [-0.1, -0.05) is 23.5 Å². The fraction of sp³-hybridized carbons (Fsp3) is 0.250. The van der Waals surface area contributed by atoms with E-state index in [1.54, 1.807) is 0 Å². The number of hydrogen-bond acceptors (Lipinski definition) is 5. The van der Waals surface area contributed by atoms with Gasteiger partial charge in [0.25, 0.3) is 5.91 Å². The van der Waals surface area contributed by atoms with E-state index in [9.17, 15) is 4.79 Å². The number of aromatic nitrogens is 2. The molecule has 0 saturated carbocycles. The number of rotatable bonds is 5. The lowest BCUT2D eigenvalue weighted by Crippen LogP contribution is -2.28. The molecule has 0 unspecified atom stereocenters. The van der Waals surface area contributed by atoms with Gasteiger partial charge in [-0.05, 0) is 36.2 Å². The number of aryl methyl sites for hydroxylation is 1. The van der Waals surface area contributed by atoms with Crippen LogP contribution < -0.4 is 10.1 Å². The second-order valence-electron chi connectivity index (χ2n) is 3.78. The van der Waals surface area contributed by atoms with Crippen LogP contribution in [-0.2, 0) is 0 Å². The van der Waals surface area contributed by atoms with Gasteiger partial charge in [-0.2, -0.15) is 0 Å². The van der Waals surface area contributed by atoms with E-state index in [0.29, 0.717) is 13.2 Å². The number of carbonyl (C=O) groups is 1. The highest BCUT2D eigenvalue weighted by atomic mass is 35.5. The quantitative estimate of drug-likeness (QED) is 0.860. The average molecular weight is 298 g/mol. The molecule has 1 heterocycles. The molecule has 0 fully saturated rings. The largest absolute Gasteiger partial charge is 0.492 e. The third-order valence-electron chi connectivity index (χ3n) is 2.24. The van der Waals surface area contributed by atoms with Crippen LogP contribution in [0.3, 0.4) is 0 Å². The van der Waals surface area contributed by atoms with E-state index in [1.165, 1.54) is 0 Å². The van der Waals surface area contributed by atoms with E-state index in [2.05, 4.69) is 15.5 Å². The molecule has 0 aliphatic carbocycles. The van der Waals surface area contributed by atoms with Crippen LogP contribution in [0.15, 0.2) is 24.3 Å².